The molecule has 0 atom stereocenters. The Labute approximate surface area is 149 Å². The first-order chi connectivity index (χ1) is 12.1. The van der Waals surface area contributed by atoms with Gasteiger partial charge < -0.3 is 15.2 Å². The molecule has 0 unspecified atom stereocenters. The number of hydrogen-bond acceptors (Lipinski definition) is 2. The fourth-order valence-corrected chi connectivity index (χ4v) is 2.44. The van der Waals surface area contributed by atoms with Crippen LogP contribution in [0.4, 0.5) is 0 Å². The van der Waals surface area contributed by atoms with Crippen LogP contribution in [0, 0.1) is 5.92 Å². The third-order valence-corrected chi connectivity index (χ3v) is 3.97. The molecule has 0 saturated heterocycles. The van der Waals surface area contributed by atoms with Crippen molar-refractivity contribution in [2.24, 2.45) is 10.9 Å². The van der Waals surface area contributed by atoms with Gasteiger partial charge in [-0.1, -0.05) is 44.2 Å². The van der Waals surface area contributed by atoms with E-state index in [0.717, 1.165) is 24.5 Å². The maximum atomic E-state index is 11.8. The van der Waals surface area contributed by atoms with E-state index in [1.165, 1.54) is 5.56 Å². The number of nitrogens with zero attached hydrogens (tertiary/aromatic N) is 2. The van der Waals surface area contributed by atoms with Gasteiger partial charge in [0, 0.05) is 32.4 Å². The van der Waals surface area contributed by atoms with Crippen molar-refractivity contribution in [1.29, 1.82) is 0 Å². The lowest BCUT2D eigenvalue weighted by Gasteiger charge is -2.13. The summed E-state index contributed by atoms with van der Waals surface area (Å²) in [4.78, 5) is 16.0. The predicted molar refractivity (Wildman–Crippen MR) is 104 cm³/mol. The Morgan fingerprint density at radius 2 is 1.80 bits per heavy atom. The quantitative estimate of drug-likeness (QED) is 0.602. The molecule has 0 bridgehead atoms. The number of aromatic nitrogens is 1. The zero-order valence-electron chi connectivity index (χ0n) is 15.3. The van der Waals surface area contributed by atoms with Gasteiger partial charge in [0.2, 0.25) is 0 Å². The van der Waals surface area contributed by atoms with Crippen LogP contribution in [0.2, 0.25) is 0 Å². The third kappa shape index (κ3) is 6.45. The highest BCUT2D eigenvalue weighted by Crippen LogP contribution is 2.05. The molecular weight excluding hydrogens is 312 g/mol. The van der Waals surface area contributed by atoms with Gasteiger partial charge in [-0.25, -0.2) is 0 Å². The van der Waals surface area contributed by atoms with Crippen molar-refractivity contribution in [2.75, 3.05) is 13.6 Å². The number of aliphatic imine (C=N–C) groups is 1. The highest BCUT2D eigenvalue weighted by Gasteiger charge is 2.01. The molecule has 0 amide bonds. The van der Waals surface area contributed by atoms with E-state index in [1.807, 2.05) is 12.3 Å². The van der Waals surface area contributed by atoms with Gasteiger partial charge in [-0.15, -0.1) is 0 Å². The van der Waals surface area contributed by atoms with E-state index in [-0.39, 0.29) is 5.56 Å². The van der Waals surface area contributed by atoms with Gasteiger partial charge in [-0.3, -0.25) is 9.79 Å². The summed E-state index contributed by atoms with van der Waals surface area (Å²) in [7, 11) is 1.78. The van der Waals surface area contributed by atoms with Crippen LogP contribution in [0.25, 0.3) is 0 Å². The van der Waals surface area contributed by atoms with Crippen LogP contribution in [-0.2, 0) is 13.1 Å². The summed E-state index contributed by atoms with van der Waals surface area (Å²) in [6.45, 7) is 6.65. The van der Waals surface area contributed by atoms with Gasteiger partial charge in [0.25, 0.3) is 5.56 Å². The molecular formula is C20H28N4O. The molecule has 1 heterocycles. The van der Waals surface area contributed by atoms with Crippen molar-refractivity contribution in [3.63, 3.8) is 0 Å². The largest absolute Gasteiger partial charge is 0.356 e. The minimum absolute atomic E-state index is 0.0181. The molecule has 0 aliphatic carbocycles. The number of guanidine groups is 1. The van der Waals surface area contributed by atoms with E-state index < -0.39 is 0 Å². The fraction of sp³-hybridized carbons (Fsp3) is 0.400. The molecule has 5 nitrogen and oxygen atoms in total. The second-order valence-electron chi connectivity index (χ2n) is 6.52. The summed E-state index contributed by atoms with van der Waals surface area (Å²) in [6.07, 6.45) is 2.93. The van der Waals surface area contributed by atoms with Crippen LogP contribution in [0.3, 0.4) is 0 Å². The van der Waals surface area contributed by atoms with Gasteiger partial charge in [-0.2, -0.15) is 0 Å². The molecule has 2 aromatic rings. The minimum Gasteiger partial charge on any atom is -0.356 e. The average molecular weight is 340 g/mol. The van der Waals surface area contributed by atoms with Crippen molar-refractivity contribution >= 4 is 5.96 Å². The molecule has 1 aromatic heterocycles. The van der Waals surface area contributed by atoms with E-state index in [4.69, 9.17) is 0 Å². The van der Waals surface area contributed by atoms with Crippen LogP contribution >= 0.6 is 0 Å². The first kappa shape index (κ1) is 18.8. The van der Waals surface area contributed by atoms with Crippen LogP contribution in [0.1, 0.15) is 31.4 Å². The number of hydrogen-bond donors (Lipinski definition) is 2. The van der Waals surface area contributed by atoms with Crippen LogP contribution in [-0.4, -0.2) is 24.1 Å². The Morgan fingerprint density at radius 3 is 2.44 bits per heavy atom. The summed E-state index contributed by atoms with van der Waals surface area (Å²) in [5.41, 5.74) is 2.30. The lowest BCUT2D eigenvalue weighted by molar-refractivity contribution is 0.573. The van der Waals surface area contributed by atoms with E-state index in [9.17, 15) is 4.79 Å². The standard InChI is InChI=1S/C20H28N4O/c1-16(2)11-12-22-20(21-3)23-14-17-7-9-18(10-8-17)15-24-13-5-4-6-19(24)25/h4-10,13,16H,11-12,14-15H2,1-3H3,(H2,21,22,23). The maximum Gasteiger partial charge on any atom is 0.250 e. The molecule has 0 aliphatic heterocycles. The minimum atomic E-state index is 0.0181. The summed E-state index contributed by atoms with van der Waals surface area (Å²) >= 11 is 0. The molecule has 5 heteroatoms. The van der Waals surface area contributed by atoms with Gasteiger partial charge in [-0.05, 0) is 29.5 Å². The van der Waals surface area contributed by atoms with Crippen LogP contribution < -0.4 is 16.2 Å². The number of rotatable bonds is 7. The zero-order chi connectivity index (χ0) is 18.1. The smallest absolute Gasteiger partial charge is 0.250 e. The first-order valence-electron chi connectivity index (χ1n) is 8.76. The number of pyridine rings is 1. The SMILES string of the molecule is CN=C(NCCC(C)C)NCc1ccc(Cn2ccccc2=O)cc1. The summed E-state index contributed by atoms with van der Waals surface area (Å²) < 4.78 is 1.70. The van der Waals surface area contributed by atoms with Gasteiger partial charge >= 0.3 is 0 Å². The molecule has 2 N–H and O–H groups in total. The molecule has 0 spiro atoms. The second-order valence-corrected chi connectivity index (χ2v) is 6.52. The average Bonchev–Trinajstić information content (AvgIpc) is 2.61. The summed E-state index contributed by atoms with van der Waals surface area (Å²) in [6, 6.07) is 13.5. The summed E-state index contributed by atoms with van der Waals surface area (Å²) in [5, 5.41) is 6.64. The zero-order valence-corrected chi connectivity index (χ0v) is 15.3. The predicted octanol–water partition coefficient (Wildman–Crippen LogP) is 2.61. The Balaban J connectivity index is 1.85. The molecule has 25 heavy (non-hydrogen) atoms. The molecule has 134 valence electrons. The Bertz CT molecular complexity index is 732. The molecule has 0 radical (unpaired) electrons. The highest BCUT2D eigenvalue weighted by atomic mass is 16.1. The van der Waals surface area contributed by atoms with Gasteiger partial charge in [0.15, 0.2) is 5.96 Å². The van der Waals surface area contributed by atoms with Gasteiger partial charge in [0.1, 0.15) is 0 Å². The monoisotopic (exact) mass is 340 g/mol. The Morgan fingerprint density at radius 1 is 1.08 bits per heavy atom. The Hall–Kier alpha value is -2.56. The van der Waals surface area contributed by atoms with Crippen molar-refractivity contribution in [3.8, 4) is 0 Å². The number of nitrogens with one attached hydrogen (secondary N) is 2. The fourth-order valence-electron chi connectivity index (χ4n) is 2.44. The highest BCUT2D eigenvalue weighted by molar-refractivity contribution is 5.79. The topological polar surface area (TPSA) is 58.4 Å². The van der Waals surface area contributed by atoms with Crippen molar-refractivity contribution in [2.45, 2.75) is 33.4 Å². The first-order valence-corrected chi connectivity index (χ1v) is 8.76. The van der Waals surface area contributed by atoms with E-state index in [0.29, 0.717) is 19.0 Å². The van der Waals surface area contributed by atoms with E-state index in [1.54, 1.807) is 23.7 Å². The third-order valence-electron chi connectivity index (χ3n) is 3.97. The van der Waals surface area contributed by atoms with Crippen LogP contribution in [0.15, 0.2) is 58.4 Å². The lowest BCUT2D eigenvalue weighted by Crippen LogP contribution is -2.37. The molecule has 2 rings (SSSR count). The maximum absolute atomic E-state index is 11.8. The molecule has 1 aromatic carbocycles. The Kier molecular flexibility index (Phi) is 7.26. The van der Waals surface area contributed by atoms with Crippen molar-refractivity contribution in [1.82, 2.24) is 15.2 Å². The van der Waals surface area contributed by atoms with Crippen molar-refractivity contribution in [3.05, 3.63) is 70.1 Å². The lowest BCUT2D eigenvalue weighted by atomic mass is 10.1. The van der Waals surface area contributed by atoms with Crippen molar-refractivity contribution < 1.29 is 0 Å². The van der Waals surface area contributed by atoms with Gasteiger partial charge in [0.05, 0.1) is 6.54 Å². The summed E-state index contributed by atoms with van der Waals surface area (Å²) in [5.74, 6) is 1.50. The van der Waals surface area contributed by atoms with E-state index >= 15 is 0 Å². The normalized spacial score (nSPS) is 11.6. The molecule has 0 fully saturated rings. The molecule has 0 saturated carbocycles. The second kappa shape index (κ2) is 9.67. The van der Waals surface area contributed by atoms with E-state index in [2.05, 4.69) is 53.7 Å². The number of benzene rings is 1. The van der Waals surface area contributed by atoms with Crippen LogP contribution in [0.5, 0.6) is 0 Å². The molecule has 0 aliphatic rings.